The molecule has 3 aliphatic rings. The number of hydrogen-bond donors (Lipinski definition) is 2. The van der Waals surface area contributed by atoms with Crippen molar-refractivity contribution in [3.8, 4) is 0 Å². The normalized spacial score (nSPS) is 30.5. The van der Waals surface area contributed by atoms with Gasteiger partial charge in [0.2, 0.25) is 0 Å². The lowest BCUT2D eigenvalue weighted by Crippen LogP contribution is -2.64. The number of benzene rings is 1. The Kier molecular flexibility index (Phi) is 5.17. The smallest absolute Gasteiger partial charge is 0.408 e. The molecule has 2 fully saturated rings. The van der Waals surface area contributed by atoms with E-state index in [0.717, 1.165) is 38.9 Å². The Bertz CT molecular complexity index is 729. The molecule has 1 amide bonds. The standard InChI is InChI=1S/C23H35N3O2/c1-22(2,3)23(12-6-9-17-8-4-5-11-20(17)23)26(21(27)28)16-18-15-25-13-7-10-19(25)14-24-18/h4-5,8,11,18-19,24H,6-7,9-10,12-16H2,1-3H3,(H,27,28)/t18-,19+,23-/m0/s1. The van der Waals surface area contributed by atoms with Crippen LogP contribution in [0.5, 0.6) is 0 Å². The first kappa shape index (κ1) is 19.7. The second kappa shape index (κ2) is 7.34. The van der Waals surface area contributed by atoms with Gasteiger partial charge >= 0.3 is 6.09 Å². The Balaban J connectivity index is 1.69. The molecule has 1 aromatic rings. The molecule has 2 aliphatic heterocycles. The molecular weight excluding hydrogens is 350 g/mol. The molecule has 0 unspecified atom stereocenters. The van der Waals surface area contributed by atoms with E-state index in [1.54, 1.807) is 4.90 Å². The van der Waals surface area contributed by atoms with E-state index in [4.69, 9.17) is 0 Å². The van der Waals surface area contributed by atoms with Gasteiger partial charge in [-0.1, -0.05) is 45.0 Å². The highest BCUT2D eigenvalue weighted by Crippen LogP contribution is 2.51. The van der Waals surface area contributed by atoms with Crippen LogP contribution < -0.4 is 5.32 Å². The minimum Gasteiger partial charge on any atom is -0.465 e. The molecular formula is C23H35N3O2. The lowest BCUT2D eigenvalue weighted by molar-refractivity contribution is -0.0245. The van der Waals surface area contributed by atoms with Crippen molar-refractivity contribution in [1.82, 2.24) is 15.1 Å². The van der Waals surface area contributed by atoms with E-state index in [2.05, 4.69) is 55.3 Å². The van der Waals surface area contributed by atoms with E-state index < -0.39 is 11.6 Å². The van der Waals surface area contributed by atoms with Crippen LogP contribution >= 0.6 is 0 Å². The third-order valence-electron chi connectivity index (χ3n) is 7.38. The molecule has 2 saturated heterocycles. The van der Waals surface area contributed by atoms with Gasteiger partial charge in [0.05, 0.1) is 5.54 Å². The van der Waals surface area contributed by atoms with E-state index in [1.807, 2.05) is 0 Å². The van der Waals surface area contributed by atoms with Gasteiger partial charge in [-0.05, 0) is 55.2 Å². The van der Waals surface area contributed by atoms with E-state index in [0.29, 0.717) is 12.6 Å². The molecule has 2 heterocycles. The molecule has 0 radical (unpaired) electrons. The van der Waals surface area contributed by atoms with Crippen LogP contribution in [0, 0.1) is 5.41 Å². The number of piperazine rings is 1. The molecule has 154 valence electrons. The topological polar surface area (TPSA) is 55.8 Å². The van der Waals surface area contributed by atoms with Gasteiger partial charge in [0.25, 0.3) is 0 Å². The van der Waals surface area contributed by atoms with E-state index in [9.17, 15) is 9.90 Å². The summed E-state index contributed by atoms with van der Waals surface area (Å²) in [6, 6.07) is 9.33. The summed E-state index contributed by atoms with van der Waals surface area (Å²) in [5.74, 6) is 0. The second-order valence-electron chi connectivity index (χ2n) is 9.91. The van der Waals surface area contributed by atoms with Crippen molar-refractivity contribution < 1.29 is 9.90 Å². The number of fused-ring (bicyclic) bond motifs is 2. The van der Waals surface area contributed by atoms with Crippen molar-refractivity contribution in [2.45, 2.75) is 70.5 Å². The van der Waals surface area contributed by atoms with Crippen molar-refractivity contribution in [2.24, 2.45) is 5.41 Å². The summed E-state index contributed by atoms with van der Waals surface area (Å²) in [4.78, 5) is 17.0. The monoisotopic (exact) mass is 385 g/mol. The average molecular weight is 386 g/mol. The third kappa shape index (κ3) is 3.22. The minimum atomic E-state index is -0.794. The molecule has 0 saturated carbocycles. The predicted molar refractivity (Wildman–Crippen MR) is 112 cm³/mol. The highest BCUT2D eigenvalue weighted by atomic mass is 16.4. The zero-order valence-corrected chi connectivity index (χ0v) is 17.6. The summed E-state index contributed by atoms with van der Waals surface area (Å²) < 4.78 is 0. The highest BCUT2D eigenvalue weighted by Gasteiger charge is 2.52. The SMILES string of the molecule is CC(C)(C)[C@]1(N(C[C@@H]2CN3CCC[C@@H]3CN2)C(=O)O)CCCc2ccccc21. The van der Waals surface area contributed by atoms with E-state index in [-0.39, 0.29) is 11.5 Å². The van der Waals surface area contributed by atoms with E-state index >= 15 is 0 Å². The van der Waals surface area contributed by atoms with Crippen LogP contribution in [0.25, 0.3) is 0 Å². The Morgan fingerprint density at radius 3 is 2.86 bits per heavy atom. The van der Waals surface area contributed by atoms with E-state index in [1.165, 1.54) is 24.0 Å². The number of carbonyl (C=O) groups is 1. The Labute approximate surface area is 169 Å². The zero-order chi connectivity index (χ0) is 19.9. The summed E-state index contributed by atoms with van der Waals surface area (Å²) in [5.41, 5.74) is 1.85. The van der Waals surface area contributed by atoms with Gasteiger partial charge in [-0.25, -0.2) is 4.79 Å². The fourth-order valence-electron chi connectivity index (χ4n) is 6.03. The second-order valence-corrected chi connectivity index (χ2v) is 9.91. The molecule has 0 bridgehead atoms. The lowest BCUT2D eigenvalue weighted by atomic mass is 9.62. The van der Waals surface area contributed by atoms with Crippen LogP contribution in [0.4, 0.5) is 4.79 Å². The van der Waals surface area contributed by atoms with Crippen LogP contribution in [0.1, 0.15) is 57.6 Å². The maximum absolute atomic E-state index is 12.6. The predicted octanol–water partition coefficient (Wildman–Crippen LogP) is 3.68. The highest BCUT2D eigenvalue weighted by molar-refractivity contribution is 5.67. The maximum atomic E-state index is 12.6. The summed E-state index contributed by atoms with van der Waals surface area (Å²) in [5, 5.41) is 14.0. The number of hydrogen-bond acceptors (Lipinski definition) is 3. The van der Waals surface area contributed by atoms with Gasteiger partial charge in [-0.15, -0.1) is 0 Å². The molecule has 1 aliphatic carbocycles. The molecule has 3 atom stereocenters. The zero-order valence-electron chi connectivity index (χ0n) is 17.6. The first-order valence-corrected chi connectivity index (χ1v) is 10.9. The summed E-state index contributed by atoms with van der Waals surface area (Å²) >= 11 is 0. The quantitative estimate of drug-likeness (QED) is 0.833. The van der Waals surface area contributed by atoms with Gasteiger partial charge < -0.3 is 10.4 Å². The molecule has 5 nitrogen and oxygen atoms in total. The molecule has 0 spiro atoms. The van der Waals surface area contributed by atoms with Gasteiger partial charge in [-0.2, -0.15) is 0 Å². The maximum Gasteiger partial charge on any atom is 0.408 e. The van der Waals surface area contributed by atoms with Gasteiger partial charge in [0.1, 0.15) is 0 Å². The lowest BCUT2D eigenvalue weighted by Gasteiger charge is -2.55. The number of carboxylic acid groups (broad SMARTS) is 1. The summed E-state index contributed by atoms with van der Waals surface area (Å²) in [6.45, 7) is 10.3. The molecule has 2 N–H and O–H groups in total. The summed E-state index contributed by atoms with van der Waals surface area (Å²) in [6.07, 6.45) is 4.70. The van der Waals surface area contributed by atoms with Gasteiger partial charge in [-0.3, -0.25) is 9.80 Å². The Morgan fingerprint density at radius 2 is 2.11 bits per heavy atom. The molecule has 28 heavy (non-hydrogen) atoms. The fourth-order valence-corrected chi connectivity index (χ4v) is 6.03. The molecule has 5 heteroatoms. The Hall–Kier alpha value is -1.59. The van der Waals surface area contributed by atoms with Crippen LogP contribution in [0.2, 0.25) is 0 Å². The van der Waals surface area contributed by atoms with Gasteiger partial charge in [0, 0.05) is 31.7 Å². The van der Waals surface area contributed by atoms with Crippen molar-refractivity contribution in [3.63, 3.8) is 0 Å². The first-order valence-electron chi connectivity index (χ1n) is 10.9. The van der Waals surface area contributed by atoms with Crippen molar-refractivity contribution >= 4 is 6.09 Å². The van der Waals surface area contributed by atoms with Crippen LogP contribution in [-0.4, -0.2) is 59.3 Å². The number of nitrogens with zero attached hydrogens (tertiary/aromatic N) is 2. The van der Waals surface area contributed by atoms with Crippen molar-refractivity contribution in [1.29, 1.82) is 0 Å². The third-order valence-corrected chi connectivity index (χ3v) is 7.38. The van der Waals surface area contributed by atoms with Crippen LogP contribution in [0.15, 0.2) is 24.3 Å². The van der Waals surface area contributed by atoms with Crippen LogP contribution in [0.3, 0.4) is 0 Å². The van der Waals surface area contributed by atoms with Crippen LogP contribution in [-0.2, 0) is 12.0 Å². The molecule has 0 aromatic heterocycles. The number of rotatable bonds is 3. The first-order chi connectivity index (χ1) is 13.3. The Morgan fingerprint density at radius 1 is 1.32 bits per heavy atom. The summed E-state index contributed by atoms with van der Waals surface area (Å²) in [7, 11) is 0. The van der Waals surface area contributed by atoms with Gasteiger partial charge in [0.15, 0.2) is 0 Å². The minimum absolute atomic E-state index is 0.188. The largest absolute Gasteiger partial charge is 0.465 e. The van der Waals surface area contributed by atoms with Crippen molar-refractivity contribution in [2.75, 3.05) is 26.2 Å². The number of nitrogens with one attached hydrogen (secondary N) is 1. The van der Waals surface area contributed by atoms with Crippen molar-refractivity contribution in [3.05, 3.63) is 35.4 Å². The molecule has 4 rings (SSSR count). The molecule has 1 aromatic carbocycles. The fraction of sp³-hybridized carbons (Fsp3) is 0.696. The average Bonchev–Trinajstić information content (AvgIpc) is 3.12. The number of aryl methyl sites for hydroxylation is 1. The number of amides is 1.